The number of hydrogen-bond acceptors (Lipinski definition) is 3. The maximum absolute atomic E-state index is 12.1. The summed E-state index contributed by atoms with van der Waals surface area (Å²) in [5, 5.41) is 3.35. The maximum atomic E-state index is 12.1. The largest absolute Gasteiger partial charge is 0.459 e. The van der Waals surface area contributed by atoms with Crippen molar-refractivity contribution in [3.8, 4) is 0 Å². The minimum Gasteiger partial charge on any atom is -0.459 e. The van der Waals surface area contributed by atoms with Gasteiger partial charge in [-0.15, -0.1) is 0 Å². The SMILES string of the molecule is CC(C)(OC(=O)C1CCCC1)C1CCNCC1. The van der Waals surface area contributed by atoms with Gasteiger partial charge in [-0.3, -0.25) is 4.79 Å². The standard InChI is InChI=1S/C14H25NO2/c1-14(2,12-7-9-15-10-8-12)17-13(16)11-5-3-4-6-11/h11-12,15H,3-10H2,1-2H3. The average Bonchev–Trinajstić information content (AvgIpc) is 2.83. The first kappa shape index (κ1) is 12.9. The van der Waals surface area contributed by atoms with Crippen molar-refractivity contribution in [3.63, 3.8) is 0 Å². The lowest BCUT2D eigenvalue weighted by Gasteiger charge is -2.37. The second kappa shape index (κ2) is 5.38. The van der Waals surface area contributed by atoms with Crippen LogP contribution in [0, 0.1) is 11.8 Å². The third kappa shape index (κ3) is 3.21. The second-order valence-electron chi connectivity index (χ2n) is 6.03. The summed E-state index contributed by atoms with van der Waals surface area (Å²) in [6.45, 7) is 6.26. The van der Waals surface area contributed by atoms with E-state index in [1.54, 1.807) is 0 Å². The Morgan fingerprint density at radius 3 is 2.29 bits per heavy atom. The van der Waals surface area contributed by atoms with Crippen LogP contribution in [0.15, 0.2) is 0 Å². The van der Waals surface area contributed by atoms with E-state index in [1.165, 1.54) is 12.8 Å². The first-order valence-electron chi connectivity index (χ1n) is 7.03. The predicted octanol–water partition coefficient (Wildman–Crippen LogP) is 2.50. The van der Waals surface area contributed by atoms with Gasteiger partial charge in [0.2, 0.25) is 0 Å². The monoisotopic (exact) mass is 239 g/mol. The van der Waals surface area contributed by atoms with Crippen LogP contribution >= 0.6 is 0 Å². The van der Waals surface area contributed by atoms with Crippen LogP contribution in [-0.4, -0.2) is 24.7 Å². The number of rotatable bonds is 3. The van der Waals surface area contributed by atoms with Gasteiger partial charge in [0.1, 0.15) is 5.60 Å². The Bertz CT molecular complexity index is 263. The fourth-order valence-electron chi connectivity index (χ4n) is 3.10. The number of carbonyl (C=O) groups is 1. The minimum atomic E-state index is -0.290. The quantitative estimate of drug-likeness (QED) is 0.769. The summed E-state index contributed by atoms with van der Waals surface area (Å²) in [5.74, 6) is 0.733. The molecule has 1 aliphatic carbocycles. The van der Waals surface area contributed by atoms with Crippen LogP contribution in [0.4, 0.5) is 0 Å². The molecule has 17 heavy (non-hydrogen) atoms. The topological polar surface area (TPSA) is 38.3 Å². The van der Waals surface area contributed by atoms with E-state index in [-0.39, 0.29) is 17.5 Å². The van der Waals surface area contributed by atoms with Gasteiger partial charge in [-0.2, -0.15) is 0 Å². The molecule has 1 saturated heterocycles. The molecule has 3 heteroatoms. The molecule has 1 aliphatic heterocycles. The molecule has 0 aromatic carbocycles. The van der Waals surface area contributed by atoms with Gasteiger partial charge in [-0.05, 0) is 52.6 Å². The normalized spacial score (nSPS) is 23.9. The molecule has 0 amide bonds. The Kier molecular flexibility index (Phi) is 4.08. The second-order valence-corrected chi connectivity index (χ2v) is 6.03. The predicted molar refractivity (Wildman–Crippen MR) is 67.7 cm³/mol. The van der Waals surface area contributed by atoms with Gasteiger partial charge in [0.15, 0.2) is 0 Å². The molecule has 98 valence electrons. The lowest BCUT2D eigenvalue weighted by molar-refractivity contribution is -0.167. The van der Waals surface area contributed by atoms with Crippen LogP contribution in [0.2, 0.25) is 0 Å². The lowest BCUT2D eigenvalue weighted by Crippen LogP contribution is -2.43. The van der Waals surface area contributed by atoms with Crippen LogP contribution in [-0.2, 0) is 9.53 Å². The Hall–Kier alpha value is -0.570. The molecule has 0 aromatic heterocycles. The molecule has 0 unspecified atom stereocenters. The van der Waals surface area contributed by atoms with Crippen molar-refractivity contribution in [2.24, 2.45) is 11.8 Å². The van der Waals surface area contributed by atoms with Gasteiger partial charge in [0, 0.05) is 5.92 Å². The van der Waals surface area contributed by atoms with Crippen molar-refractivity contribution in [1.82, 2.24) is 5.32 Å². The van der Waals surface area contributed by atoms with Gasteiger partial charge in [0.25, 0.3) is 0 Å². The lowest BCUT2D eigenvalue weighted by atomic mass is 9.83. The molecule has 1 heterocycles. The van der Waals surface area contributed by atoms with Crippen molar-refractivity contribution < 1.29 is 9.53 Å². The van der Waals surface area contributed by atoms with Crippen LogP contribution < -0.4 is 5.32 Å². The fourth-order valence-corrected chi connectivity index (χ4v) is 3.10. The number of piperidine rings is 1. The molecule has 2 fully saturated rings. The highest BCUT2D eigenvalue weighted by atomic mass is 16.6. The fraction of sp³-hybridized carbons (Fsp3) is 0.929. The zero-order valence-electron chi connectivity index (χ0n) is 11.1. The van der Waals surface area contributed by atoms with Crippen molar-refractivity contribution in [2.75, 3.05) is 13.1 Å². The summed E-state index contributed by atoms with van der Waals surface area (Å²) in [4.78, 5) is 12.1. The summed E-state index contributed by atoms with van der Waals surface area (Å²) >= 11 is 0. The molecule has 0 bridgehead atoms. The van der Waals surface area contributed by atoms with Crippen LogP contribution in [0.1, 0.15) is 52.4 Å². The van der Waals surface area contributed by atoms with E-state index in [1.807, 2.05) is 0 Å². The van der Waals surface area contributed by atoms with E-state index in [4.69, 9.17) is 4.74 Å². The number of hydrogen-bond donors (Lipinski definition) is 1. The van der Waals surface area contributed by atoms with Gasteiger partial charge in [-0.1, -0.05) is 12.8 Å². The smallest absolute Gasteiger partial charge is 0.309 e. The van der Waals surface area contributed by atoms with Crippen LogP contribution in [0.3, 0.4) is 0 Å². The Labute approximate surface area is 104 Å². The highest BCUT2D eigenvalue weighted by Crippen LogP contribution is 2.32. The highest BCUT2D eigenvalue weighted by molar-refractivity contribution is 5.73. The third-order valence-corrected chi connectivity index (χ3v) is 4.37. The number of nitrogens with one attached hydrogen (secondary N) is 1. The Morgan fingerprint density at radius 2 is 1.71 bits per heavy atom. The Morgan fingerprint density at radius 1 is 1.12 bits per heavy atom. The molecule has 1 saturated carbocycles. The van der Waals surface area contributed by atoms with Gasteiger partial charge >= 0.3 is 5.97 Å². The molecule has 3 nitrogen and oxygen atoms in total. The average molecular weight is 239 g/mol. The van der Waals surface area contributed by atoms with Crippen molar-refractivity contribution in [3.05, 3.63) is 0 Å². The molecule has 0 atom stereocenters. The first-order valence-corrected chi connectivity index (χ1v) is 7.03. The molecule has 2 aliphatic rings. The van der Waals surface area contributed by atoms with Crippen LogP contribution in [0.25, 0.3) is 0 Å². The van der Waals surface area contributed by atoms with E-state index >= 15 is 0 Å². The molecule has 1 N–H and O–H groups in total. The summed E-state index contributed by atoms with van der Waals surface area (Å²) in [6, 6.07) is 0. The van der Waals surface area contributed by atoms with Crippen molar-refractivity contribution >= 4 is 5.97 Å². The highest BCUT2D eigenvalue weighted by Gasteiger charge is 2.36. The number of esters is 1. The molecule has 0 spiro atoms. The van der Waals surface area contributed by atoms with Crippen molar-refractivity contribution in [1.29, 1.82) is 0 Å². The zero-order valence-corrected chi connectivity index (χ0v) is 11.1. The molecule has 0 aromatic rings. The first-order chi connectivity index (χ1) is 8.09. The number of carbonyl (C=O) groups excluding carboxylic acids is 1. The summed E-state index contributed by atoms with van der Waals surface area (Å²) < 4.78 is 5.79. The van der Waals surface area contributed by atoms with Gasteiger partial charge < -0.3 is 10.1 Å². The maximum Gasteiger partial charge on any atom is 0.309 e. The summed E-state index contributed by atoms with van der Waals surface area (Å²) in [7, 11) is 0. The van der Waals surface area contributed by atoms with E-state index in [0.29, 0.717) is 5.92 Å². The molecular formula is C14H25NO2. The van der Waals surface area contributed by atoms with Crippen molar-refractivity contribution in [2.45, 2.75) is 58.0 Å². The van der Waals surface area contributed by atoms with Crippen LogP contribution in [0.5, 0.6) is 0 Å². The summed E-state index contributed by atoms with van der Waals surface area (Å²) in [6.07, 6.45) is 6.67. The third-order valence-electron chi connectivity index (χ3n) is 4.37. The minimum absolute atomic E-state index is 0.0473. The van der Waals surface area contributed by atoms with E-state index in [2.05, 4.69) is 19.2 Å². The summed E-state index contributed by atoms with van der Waals surface area (Å²) in [5.41, 5.74) is -0.290. The molecule has 0 radical (unpaired) electrons. The zero-order chi connectivity index (χ0) is 12.3. The van der Waals surface area contributed by atoms with Gasteiger partial charge in [-0.25, -0.2) is 0 Å². The van der Waals surface area contributed by atoms with E-state index in [0.717, 1.165) is 38.8 Å². The van der Waals surface area contributed by atoms with E-state index in [9.17, 15) is 4.79 Å². The van der Waals surface area contributed by atoms with E-state index < -0.39 is 0 Å². The molecule has 2 rings (SSSR count). The number of ether oxygens (including phenoxy) is 1. The van der Waals surface area contributed by atoms with Gasteiger partial charge in [0.05, 0.1) is 5.92 Å². The Balaban J connectivity index is 1.88. The molecular weight excluding hydrogens is 214 g/mol.